The molecule has 0 radical (unpaired) electrons. The minimum Gasteiger partial charge on any atom is -0.310 e. The van der Waals surface area contributed by atoms with Gasteiger partial charge in [-0.15, -0.1) is 0 Å². The summed E-state index contributed by atoms with van der Waals surface area (Å²) in [6, 6.07) is 78.0. The minimum absolute atomic E-state index is 1.09. The van der Waals surface area contributed by atoms with Crippen LogP contribution < -0.4 is 9.80 Å². The number of para-hydroxylation sites is 4. The van der Waals surface area contributed by atoms with Crippen LogP contribution in [0.4, 0.5) is 34.1 Å². The van der Waals surface area contributed by atoms with E-state index in [-0.39, 0.29) is 0 Å². The van der Waals surface area contributed by atoms with Gasteiger partial charge in [-0.05, 0) is 131 Å². The normalized spacial score (nSPS) is 11.2. The van der Waals surface area contributed by atoms with Gasteiger partial charge in [0.15, 0.2) is 0 Å². The molecule has 0 amide bonds. The van der Waals surface area contributed by atoms with Gasteiger partial charge in [-0.1, -0.05) is 109 Å². The zero-order chi connectivity index (χ0) is 38.0. The fourth-order valence-corrected chi connectivity index (χ4v) is 7.98. The van der Waals surface area contributed by atoms with Crippen LogP contribution in [0.3, 0.4) is 0 Å². The maximum absolute atomic E-state index is 4.19. The lowest BCUT2D eigenvalue weighted by Gasteiger charge is -2.26. The monoisotopic (exact) mass is 730 g/mol. The van der Waals surface area contributed by atoms with E-state index in [0.29, 0.717) is 0 Å². The number of rotatable bonds is 9. The number of aromatic nitrogens is 2. The summed E-state index contributed by atoms with van der Waals surface area (Å²) >= 11 is 0. The molecule has 57 heavy (non-hydrogen) atoms. The van der Waals surface area contributed by atoms with Gasteiger partial charge in [0.25, 0.3) is 0 Å². The molecule has 0 N–H and O–H groups in total. The van der Waals surface area contributed by atoms with Crippen LogP contribution in [0.5, 0.6) is 0 Å². The second-order valence-corrected chi connectivity index (χ2v) is 14.1. The van der Waals surface area contributed by atoms with E-state index in [2.05, 4.69) is 226 Å². The zero-order valence-electron chi connectivity index (χ0n) is 31.2. The molecule has 0 spiro atoms. The van der Waals surface area contributed by atoms with Gasteiger partial charge in [0.2, 0.25) is 0 Å². The number of fused-ring (bicyclic) bond motifs is 3. The summed E-state index contributed by atoms with van der Waals surface area (Å²) in [4.78, 5) is 8.86. The first kappa shape index (κ1) is 33.8. The lowest BCUT2D eigenvalue weighted by atomic mass is 10.0. The summed E-state index contributed by atoms with van der Waals surface area (Å²) in [7, 11) is 0. The van der Waals surface area contributed by atoms with Crippen LogP contribution in [-0.2, 0) is 0 Å². The highest BCUT2D eigenvalue weighted by molar-refractivity contribution is 6.12. The molecule has 0 aliphatic rings. The highest BCUT2D eigenvalue weighted by Gasteiger charge is 2.20. The van der Waals surface area contributed by atoms with E-state index in [4.69, 9.17) is 0 Å². The quantitative estimate of drug-likeness (QED) is 0.148. The molecule has 0 unspecified atom stereocenters. The molecular formula is C53H38N4. The summed E-state index contributed by atoms with van der Waals surface area (Å²) < 4.78 is 2.41. The number of pyridine rings is 1. The van der Waals surface area contributed by atoms with Crippen molar-refractivity contribution in [2.45, 2.75) is 0 Å². The van der Waals surface area contributed by atoms with E-state index >= 15 is 0 Å². The Balaban J connectivity index is 1.17. The summed E-state index contributed by atoms with van der Waals surface area (Å²) in [5.74, 6) is 0. The number of hydrogen-bond donors (Lipinski definition) is 0. The van der Waals surface area contributed by atoms with Crippen molar-refractivity contribution < 1.29 is 0 Å². The summed E-state index contributed by atoms with van der Waals surface area (Å²) in [6.07, 6.45) is 3.68. The van der Waals surface area contributed by atoms with Crippen molar-refractivity contribution in [3.63, 3.8) is 0 Å². The molecule has 0 aliphatic carbocycles. The predicted octanol–water partition coefficient (Wildman–Crippen LogP) is 14.5. The first-order chi connectivity index (χ1) is 28.3. The zero-order valence-corrected chi connectivity index (χ0v) is 31.2. The summed E-state index contributed by atoms with van der Waals surface area (Å²) in [5.41, 5.74) is 14.7. The molecule has 0 aliphatic heterocycles. The number of nitrogens with zero attached hydrogens (tertiary/aromatic N) is 4. The highest BCUT2D eigenvalue weighted by atomic mass is 15.1. The minimum atomic E-state index is 1.09. The molecule has 2 aromatic heterocycles. The van der Waals surface area contributed by atoms with Crippen LogP contribution >= 0.6 is 0 Å². The van der Waals surface area contributed by atoms with E-state index in [1.54, 1.807) is 0 Å². The van der Waals surface area contributed by atoms with E-state index in [0.717, 1.165) is 62.0 Å². The van der Waals surface area contributed by atoms with Crippen LogP contribution in [-0.4, -0.2) is 9.55 Å². The molecule has 8 aromatic carbocycles. The first-order valence-corrected chi connectivity index (χ1v) is 19.3. The maximum Gasteiger partial charge on any atom is 0.0542 e. The molecule has 0 saturated heterocycles. The molecule has 0 fully saturated rings. The average molecular weight is 731 g/mol. The van der Waals surface area contributed by atoms with Crippen LogP contribution in [0.25, 0.3) is 49.7 Å². The third-order valence-corrected chi connectivity index (χ3v) is 10.6. The lowest BCUT2D eigenvalue weighted by Crippen LogP contribution is -2.09. The fraction of sp³-hybridized carbons (Fsp3) is 0. The number of hydrogen-bond acceptors (Lipinski definition) is 3. The van der Waals surface area contributed by atoms with Crippen LogP contribution in [0.1, 0.15) is 0 Å². The Labute approximate surface area is 332 Å². The third-order valence-electron chi connectivity index (χ3n) is 10.6. The predicted molar refractivity (Wildman–Crippen MR) is 239 cm³/mol. The second kappa shape index (κ2) is 14.9. The van der Waals surface area contributed by atoms with Gasteiger partial charge in [-0.25, -0.2) is 0 Å². The van der Waals surface area contributed by atoms with Gasteiger partial charge in [-0.3, -0.25) is 4.98 Å². The standard InChI is InChI=1S/C53H38N4/c1-5-15-43(16-6-1)55(44-17-7-2-8-18-44)48-28-30-52-50(37-48)51-38-49(56(45-19-9-3-10-20-45)46-21-11-4-12-22-46)29-31-53(51)57(52)47-23-13-14-42(36-47)40-26-24-39(25-27-40)41-32-34-54-35-33-41/h1-38H. The summed E-state index contributed by atoms with van der Waals surface area (Å²) in [5, 5.41) is 2.35. The molecular weight excluding hydrogens is 693 g/mol. The van der Waals surface area contributed by atoms with Gasteiger partial charge in [-0.2, -0.15) is 0 Å². The van der Waals surface area contributed by atoms with Crippen molar-refractivity contribution in [1.82, 2.24) is 9.55 Å². The molecule has 0 atom stereocenters. The topological polar surface area (TPSA) is 24.3 Å². The van der Waals surface area contributed by atoms with Crippen molar-refractivity contribution in [2.24, 2.45) is 0 Å². The molecule has 10 rings (SSSR count). The van der Waals surface area contributed by atoms with Crippen LogP contribution in [0.15, 0.2) is 231 Å². The van der Waals surface area contributed by atoms with Crippen LogP contribution in [0.2, 0.25) is 0 Å². The molecule has 4 heteroatoms. The molecule has 10 aromatic rings. The average Bonchev–Trinajstić information content (AvgIpc) is 3.61. The number of benzene rings is 8. The lowest BCUT2D eigenvalue weighted by molar-refractivity contribution is 1.18. The van der Waals surface area contributed by atoms with Crippen molar-refractivity contribution >= 4 is 55.9 Å². The Morgan fingerprint density at radius 1 is 0.298 bits per heavy atom. The van der Waals surface area contributed by atoms with Gasteiger partial charge < -0.3 is 14.4 Å². The second-order valence-electron chi connectivity index (χ2n) is 14.1. The molecule has 0 saturated carbocycles. The number of anilines is 6. The largest absolute Gasteiger partial charge is 0.310 e. The van der Waals surface area contributed by atoms with Gasteiger partial charge in [0.1, 0.15) is 0 Å². The third kappa shape index (κ3) is 6.49. The summed E-state index contributed by atoms with van der Waals surface area (Å²) in [6.45, 7) is 0. The highest BCUT2D eigenvalue weighted by Crippen LogP contribution is 2.43. The van der Waals surface area contributed by atoms with E-state index in [1.807, 2.05) is 24.5 Å². The van der Waals surface area contributed by atoms with E-state index < -0.39 is 0 Å². The van der Waals surface area contributed by atoms with Crippen molar-refractivity contribution in [2.75, 3.05) is 9.80 Å². The molecule has 2 heterocycles. The molecule has 270 valence electrons. The smallest absolute Gasteiger partial charge is 0.0542 e. The Morgan fingerprint density at radius 2 is 0.702 bits per heavy atom. The Kier molecular flexibility index (Phi) is 8.82. The SMILES string of the molecule is c1ccc(N(c2ccccc2)c2ccc3c(c2)c2cc(N(c4ccccc4)c4ccccc4)ccc2n3-c2cccc(-c3ccc(-c4ccncc4)cc3)c2)cc1. The maximum atomic E-state index is 4.19. The molecule has 0 bridgehead atoms. The van der Waals surface area contributed by atoms with Crippen molar-refractivity contribution in [3.8, 4) is 27.9 Å². The van der Waals surface area contributed by atoms with Gasteiger partial charge >= 0.3 is 0 Å². The Hall–Kier alpha value is -7.69. The van der Waals surface area contributed by atoms with Crippen molar-refractivity contribution in [1.29, 1.82) is 0 Å². The Bertz CT molecular complexity index is 2710. The van der Waals surface area contributed by atoms with E-state index in [9.17, 15) is 0 Å². The fourth-order valence-electron chi connectivity index (χ4n) is 7.98. The molecule has 4 nitrogen and oxygen atoms in total. The van der Waals surface area contributed by atoms with E-state index in [1.165, 1.54) is 21.9 Å². The van der Waals surface area contributed by atoms with Crippen LogP contribution in [0, 0.1) is 0 Å². The van der Waals surface area contributed by atoms with Gasteiger partial charge in [0.05, 0.1) is 11.0 Å². The Morgan fingerprint density at radius 3 is 1.14 bits per heavy atom. The van der Waals surface area contributed by atoms with Gasteiger partial charge in [0, 0.05) is 63.0 Å². The first-order valence-electron chi connectivity index (χ1n) is 19.3. The van der Waals surface area contributed by atoms with Crippen molar-refractivity contribution in [3.05, 3.63) is 231 Å².